The Labute approximate surface area is 189 Å². The van der Waals surface area contributed by atoms with Gasteiger partial charge in [-0.05, 0) is 24.5 Å². The number of amides is 3. The number of rotatable bonds is 4. The molecule has 164 valence electrons. The van der Waals surface area contributed by atoms with Crippen molar-refractivity contribution in [3.63, 3.8) is 0 Å². The maximum atomic E-state index is 13.3. The Morgan fingerprint density at radius 3 is 2.52 bits per heavy atom. The second-order valence-electron chi connectivity index (χ2n) is 8.53. The number of thioether (sulfide) groups is 1. The van der Waals surface area contributed by atoms with E-state index in [1.54, 1.807) is 0 Å². The number of carbonyl (C=O) groups is 2. The van der Waals surface area contributed by atoms with E-state index in [1.165, 1.54) is 11.1 Å². The normalized spacial score (nSPS) is 21.6. The molecule has 0 saturated carbocycles. The molecule has 2 aliphatic heterocycles. The largest absolute Gasteiger partial charge is 0.341 e. The third-order valence-corrected chi connectivity index (χ3v) is 7.15. The fraction of sp³-hybridized carbons (Fsp3) is 0.440. The molecule has 5 nitrogen and oxygen atoms in total. The minimum Gasteiger partial charge on any atom is -0.341 e. The maximum absolute atomic E-state index is 13.3. The molecule has 6 heteroatoms. The van der Waals surface area contributed by atoms with E-state index in [0.717, 1.165) is 36.6 Å². The van der Waals surface area contributed by atoms with Crippen LogP contribution in [0.3, 0.4) is 0 Å². The number of urea groups is 1. The van der Waals surface area contributed by atoms with Crippen LogP contribution < -0.4 is 5.32 Å². The second kappa shape index (κ2) is 10.2. The van der Waals surface area contributed by atoms with Crippen LogP contribution >= 0.6 is 11.8 Å². The number of hydrogen-bond acceptors (Lipinski definition) is 3. The molecule has 2 aromatic carbocycles. The molecule has 0 spiro atoms. The van der Waals surface area contributed by atoms with Gasteiger partial charge in [0.05, 0.1) is 5.92 Å². The molecule has 2 aromatic rings. The van der Waals surface area contributed by atoms with Crippen LogP contribution in [0.4, 0.5) is 4.79 Å². The Balaban J connectivity index is 1.49. The first-order valence-corrected chi connectivity index (χ1v) is 12.3. The summed E-state index contributed by atoms with van der Waals surface area (Å²) in [5.74, 6) is 2.23. The first-order valence-electron chi connectivity index (χ1n) is 11.1. The number of nitrogens with zero attached hydrogens (tertiary/aromatic N) is 2. The Hall–Kier alpha value is -2.47. The lowest BCUT2D eigenvalue weighted by Gasteiger charge is -2.40. The topological polar surface area (TPSA) is 52.7 Å². The van der Waals surface area contributed by atoms with Crippen LogP contribution in [0.5, 0.6) is 0 Å². The summed E-state index contributed by atoms with van der Waals surface area (Å²) in [6.07, 6.45) is 0.800. The smallest absolute Gasteiger partial charge is 0.317 e. The van der Waals surface area contributed by atoms with Crippen molar-refractivity contribution in [1.82, 2.24) is 15.1 Å². The molecule has 2 atom stereocenters. The Morgan fingerprint density at radius 2 is 1.77 bits per heavy atom. The minimum absolute atomic E-state index is 0.0896. The van der Waals surface area contributed by atoms with E-state index < -0.39 is 0 Å². The Kier molecular flexibility index (Phi) is 7.17. The lowest BCUT2D eigenvalue weighted by atomic mass is 9.83. The van der Waals surface area contributed by atoms with Crippen molar-refractivity contribution >= 4 is 23.7 Å². The highest BCUT2D eigenvalue weighted by molar-refractivity contribution is 7.99. The summed E-state index contributed by atoms with van der Waals surface area (Å²) < 4.78 is 0. The number of carbonyl (C=O) groups excluding carboxylic acids is 2. The van der Waals surface area contributed by atoms with Crippen LogP contribution in [-0.4, -0.2) is 59.4 Å². The molecule has 2 heterocycles. The van der Waals surface area contributed by atoms with E-state index in [9.17, 15) is 9.59 Å². The summed E-state index contributed by atoms with van der Waals surface area (Å²) in [5, 5.41) is 3.05. The van der Waals surface area contributed by atoms with Crippen molar-refractivity contribution in [1.29, 1.82) is 0 Å². The monoisotopic (exact) mass is 437 g/mol. The van der Waals surface area contributed by atoms with Crippen molar-refractivity contribution in [2.24, 2.45) is 5.92 Å². The van der Waals surface area contributed by atoms with Crippen molar-refractivity contribution in [3.8, 4) is 0 Å². The minimum atomic E-state index is -0.148. The number of hydrogen-bond donors (Lipinski definition) is 1. The molecule has 2 aliphatic rings. The van der Waals surface area contributed by atoms with Crippen LogP contribution in [0.25, 0.3) is 0 Å². The van der Waals surface area contributed by atoms with Gasteiger partial charge in [-0.3, -0.25) is 4.79 Å². The van der Waals surface area contributed by atoms with Gasteiger partial charge in [0.25, 0.3) is 0 Å². The van der Waals surface area contributed by atoms with E-state index in [1.807, 2.05) is 51.9 Å². The molecule has 0 bridgehead atoms. The molecule has 0 aromatic heterocycles. The molecule has 1 N–H and O–H groups in total. The fourth-order valence-electron chi connectivity index (χ4n) is 4.54. The lowest BCUT2D eigenvalue weighted by Crippen LogP contribution is -2.52. The highest BCUT2D eigenvalue weighted by Crippen LogP contribution is 2.32. The van der Waals surface area contributed by atoms with E-state index >= 15 is 0 Å². The van der Waals surface area contributed by atoms with Gasteiger partial charge < -0.3 is 15.1 Å². The summed E-state index contributed by atoms with van der Waals surface area (Å²) in [4.78, 5) is 30.2. The van der Waals surface area contributed by atoms with Gasteiger partial charge in [-0.2, -0.15) is 11.8 Å². The number of nitrogens with one attached hydrogen (secondary N) is 1. The second-order valence-corrected chi connectivity index (χ2v) is 9.76. The zero-order valence-electron chi connectivity index (χ0n) is 18.1. The first kappa shape index (κ1) is 21.8. The Morgan fingerprint density at radius 1 is 1.00 bits per heavy atom. The number of aryl methyl sites for hydroxylation is 1. The van der Waals surface area contributed by atoms with Gasteiger partial charge in [0.2, 0.25) is 5.91 Å². The number of likely N-dealkylation sites (tertiary alicyclic amines) is 1. The standard InChI is InChI=1S/C25H31N3O2S/c1-19-6-5-9-21(14-19)22-15-23(24(29)27-10-12-31-13-11-27)18-28(17-22)25(30)26-16-20-7-3-2-4-8-20/h2-9,14,22-23H,10-13,15-18H2,1H3,(H,26,30). The molecule has 0 radical (unpaired) electrons. The van der Waals surface area contributed by atoms with E-state index in [-0.39, 0.29) is 23.8 Å². The predicted molar refractivity (Wildman–Crippen MR) is 126 cm³/mol. The molecule has 2 fully saturated rings. The highest BCUT2D eigenvalue weighted by atomic mass is 32.2. The van der Waals surface area contributed by atoms with Crippen LogP contribution in [-0.2, 0) is 11.3 Å². The fourth-order valence-corrected chi connectivity index (χ4v) is 5.44. The van der Waals surface area contributed by atoms with Gasteiger partial charge in [0, 0.05) is 50.1 Å². The summed E-state index contributed by atoms with van der Waals surface area (Å²) >= 11 is 1.90. The predicted octanol–water partition coefficient (Wildman–Crippen LogP) is 3.89. The molecule has 3 amide bonds. The average molecular weight is 438 g/mol. The Bertz CT molecular complexity index is 899. The highest BCUT2D eigenvalue weighted by Gasteiger charge is 2.36. The van der Waals surface area contributed by atoms with E-state index in [4.69, 9.17) is 0 Å². The van der Waals surface area contributed by atoms with Crippen molar-refractivity contribution in [3.05, 3.63) is 71.3 Å². The van der Waals surface area contributed by atoms with Crippen LogP contribution in [0.2, 0.25) is 0 Å². The van der Waals surface area contributed by atoms with Gasteiger partial charge in [-0.1, -0.05) is 60.2 Å². The summed E-state index contributed by atoms with van der Waals surface area (Å²) in [5.41, 5.74) is 3.49. The zero-order valence-corrected chi connectivity index (χ0v) is 18.9. The quantitative estimate of drug-likeness (QED) is 0.790. The summed E-state index contributed by atoms with van der Waals surface area (Å²) in [7, 11) is 0. The van der Waals surface area contributed by atoms with Gasteiger partial charge in [0.1, 0.15) is 0 Å². The molecule has 31 heavy (non-hydrogen) atoms. The zero-order chi connectivity index (χ0) is 21.6. The lowest BCUT2D eigenvalue weighted by molar-refractivity contribution is -0.136. The van der Waals surface area contributed by atoms with Gasteiger partial charge in [-0.15, -0.1) is 0 Å². The SMILES string of the molecule is Cc1cccc(C2CC(C(=O)N3CCSCC3)CN(C(=O)NCc3ccccc3)C2)c1. The van der Waals surface area contributed by atoms with Gasteiger partial charge >= 0.3 is 6.03 Å². The van der Waals surface area contributed by atoms with Crippen molar-refractivity contribution in [2.45, 2.75) is 25.8 Å². The first-order chi connectivity index (χ1) is 15.1. The molecule has 2 unspecified atom stereocenters. The molecular weight excluding hydrogens is 406 g/mol. The van der Waals surface area contributed by atoms with Crippen LogP contribution in [0.1, 0.15) is 29.0 Å². The third-order valence-electron chi connectivity index (χ3n) is 6.21. The maximum Gasteiger partial charge on any atom is 0.317 e. The van der Waals surface area contributed by atoms with E-state index in [2.05, 4.69) is 36.5 Å². The van der Waals surface area contributed by atoms with E-state index in [0.29, 0.717) is 19.6 Å². The summed E-state index contributed by atoms with van der Waals surface area (Å²) in [6, 6.07) is 18.3. The molecular formula is C25H31N3O2S. The van der Waals surface area contributed by atoms with Crippen LogP contribution in [0, 0.1) is 12.8 Å². The molecule has 0 aliphatic carbocycles. The number of piperidine rings is 1. The summed E-state index contributed by atoms with van der Waals surface area (Å²) in [6.45, 7) is 5.34. The van der Waals surface area contributed by atoms with Gasteiger partial charge in [0.15, 0.2) is 0 Å². The number of benzene rings is 2. The van der Waals surface area contributed by atoms with Gasteiger partial charge in [-0.25, -0.2) is 4.79 Å². The van der Waals surface area contributed by atoms with Crippen molar-refractivity contribution in [2.75, 3.05) is 37.7 Å². The van der Waals surface area contributed by atoms with Crippen molar-refractivity contribution < 1.29 is 9.59 Å². The third kappa shape index (κ3) is 5.62. The average Bonchev–Trinajstić information content (AvgIpc) is 2.83. The van der Waals surface area contributed by atoms with Crippen LogP contribution in [0.15, 0.2) is 54.6 Å². The molecule has 4 rings (SSSR count). The molecule has 2 saturated heterocycles.